The van der Waals surface area contributed by atoms with E-state index in [1.807, 2.05) is 0 Å². The number of carbonyl (C=O) groups is 2. The van der Waals surface area contributed by atoms with Gasteiger partial charge in [0.2, 0.25) is 0 Å². The van der Waals surface area contributed by atoms with Gasteiger partial charge >= 0.3 is 12.1 Å². The minimum absolute atomic E-state index is 0.0377. The van der Waals surface area contributed by atoms with Gasteiger partial charge in [0.15, 0.2) is 5.78 Å². The van der Waals surface area contributed by atoms with Crippen LogP contribution in [0, 0.1) is 5.82 Å². The molecule has 1 heterocycles. The van der Waals surface area contributed by atoms with Crippen LogP contribution in [0.4, 0.5) is 17.6 Å². The number of rotatable bonds is 5. The molecule has 0 saturated heterocycles. The normalized spacial score (nSPS) is 11.2. The lowest BCUT2D eigenvalue weighted by Gasteiger charge is -2.10. The number of ketones is 1. The molecule has 5 nitrogen and oxygen atoms in total. The largest absolute Gasteiger partial charge is 0.425 e. The summed E-state index contributed by atoms with van der Waals surface area (Å²) in [6.45, 7) is -0.723. The van der Waals surface area contributed by atoms with Crippen LogP contribution >= 0.6 is 0 Å². The monoisotopic (exact) mass is 419 g/mol. The highest BCUT2D eigenvalue weighted by atomic mass is 19.4. The lowest BCUT2D eigenvalue weighted by molar-refractivity contribution is -0.140. The molecule has 0 atom stereocenters. The summed E-state index contributed by atoms with van der Waals surface area (Å²) in [5.41, 5.74) is -2.22. The van der Waals surface area contributed by atoms with Crippen molar-refractivity contribution in [1.82, 2.24) is 4.57 Å². The van der Waals surface area contributed by atoms with E-state index in [-0.39, 0.29) is 22.7 Å². The molecular formula is C21H13F4NO4. The lowest BCUT2D eigenvalue weighted by Crippen LogP contribution is -2.31. The Hall–Kier alpha value is -3.75. The number of carbonyl (C=O) groups excluding carboxylic acids is 2. The molecule has 2 aromatic carbocycles. The molecule has 0 unspecified atom stereocenters. The second-order valence-electron chi connectivity index (χ2n) is 6.19. The molecule has 3 aromatic rings. The Bertz CT molecular complexity index is 1130. The van der Waals surface area contributed by atoms with Crippen LogP contribution in [0.2, 0.25) is 0 Å². The highest BCUT2D eigenvalue weighted by Gasteiger charge is 2.34. The maximum absolute atomic E-state index is 13.0. The summed E-state index contributed by atoms with van der Waals surface area (Å²) in [5, 5.41) is 0. The van der Waals surface area contributed by atoms with Gasteiger partial charge in [-0.25, -0.2) is 9.18 Å². The van der Waals surface area contributed by atoms with Crippen LogP contribution < -0.4 is 10.3 Å². The Balaban J connectivity index is 1.69. The van der Waals surface area contributed by atoms with Crippen molar-refractivity contribution < 1.29 is 31.9 Å². The first-order chi connectivity index (χ1) is 14.1. The highest BCUT2D eigenvalue weighted by molar-refractivity contribution is 6.09. The fourth-order valence-corrected chi connectivity index (χ4v) is 2.62. The van der Waals surface area contributed by atoms with Gasteiger partial charge in [0, 0.05) is 17.3 Å². The van der Waals surface area contributed by atoms with Gasteiger partial charge < -0.3 is 9.30 Å². The molecule has 0 aliphatic heterocycles. The maximum atomic E-state index is 13.0. The molecule has 1 aromatic heterocycles. The molecule has 0 radical (unpaired) electrons. The minimum Gasteiger partial charge on any atom is -0.425 e. The SMILES string of the molecule is O=C(Cn1cccc(C(F)(F)F)c1=O)Oc1ccc(C(=O)c2ccc(F)cc2)cc1. The van der Waals surface area contributed by atoms with Gasteiger partial charge in [-0.15, -0.1) is 0 Å². The smallest absolute Gasteiger partial charge is 0.421 e. The standard InChI is InChI=1S/C21H13F4NO4/c22-15-7-3-13(4-8-15)19(28)14-5-9-16(10-6-14)30-18(27)12-26-11-1-2-17(20(26)29)21(23,24)25/h1-11H,12H2. The summed E-state index contributed by atoms with van der Waals surface area (Å²) in [7, 11) is 0. The second kappa shape index (κ2) is 8.32. The Labute approximate surface area is 167 Å². The van der Waals surface area contributed by atoms with Crippen molar-refractivity contribution in [2.24, 2.45) is 0 Å². The van der Waals surface area contributed by atoms with Crippen LogP contribution in [0.25, 0.3) is 0 Å². The summed E-state index contributed by atoms with van der Waals surface area (Å²) in [6, 6.07) is 12.0. The summed E-state index contributed by atoms with van der Waals surface area (Å²) in [4.78, 5) is 36.2. The zero-order chi connectivity index (χ0) is 21.9. The van der Waals surface area contributed by atoms with Crippen LogP contribution in [0.1, 0.15) is 21.5 Å². The first-order valence-electron chi connectivity index (χ1n) is 8.53. The van der Waals surface area contributed by atoms with Crippen LogP contribution in [-0.2, 0) is 17.5 Å². The van der Waals surface area contributed by atoms with E-state index >= 15 is 0 Å². The van der Waals surface area contributed by atoms with E-state index in [4.69, 9.17) is 4.74 Å². The maximum Gasteiger partial charge on any atom is 0.421 e. The van der Waals surface area contributed by atoms with Crippen molar-refractivity contribution in [3.05, 3.63) is 99.7 Å². The first-order valence-corrected chi connectivity index (χ1v) is 8.53. The molecule has 154 valence electrons. The van der Waals surface area contributed by atoms with Gasteiger partial charge in [-0.05, 0) is 60.7 Å². The molecule has 30 heavy (non-hydrogen) atoms. The number of esters is 1. The van der Waals surface area contributed by atoms with E-state index in [0.717, 1.165) is 24.4 Å². The molecule has 0 aliphatic carbocycles. The zero-order valence-electron chi connectivity index (χ0n) is 15.2. The number of halogens is 4. The van der Waals surface area contributed by atoms with E-state index in [1.54, 1.807) is 0 Å². The zero-order valence-corrected chi connectivity index (χ0v) is 15.2. The molecule has 0 fully saturated rings. The van der Waals surface area contributed by atoms with Gasteiger partial charge in [-0.2, -0.15) is 13.2 Å². The molecule has 0 aliphatic rings. The summed E-state index contributed by atoms with van der Waals surface area (Å²) >= 11 is 0. The lowest BCUT2D eigenvalue weighted by atomic mass is 10.0. The van der Waals surface area contributed by atoms with E-state index in [1.165, 1.54) is 36.4 Å². The van der Waals surface area contributed by atoms with E-state index in [9.17, 15) is 31.9 Å². The third-order valence-corrected chi connectivity index (χ3v) is 4.08. The Morgan fingerprint density at radius 3 is 2.03 bits per heavy atom. The van der Waals surface area contributed by atoms with Gasteiger partial charge in [0.25, 0.3) is 5.56 Å². The van der Waals surface area contributed by atoms with Crippen LogP contribution in [0.3, 0.4) is 0 Å². The number of alkyl halides is 3. The van der Waals surface area contributed by atoms with Crippen molar-refractivity contribution in [2.45, 2.75) is 12.7 Å². The molecule has 0 amide bonds. The topological polar surface area (TPSA) is 65.4 Å². The van der Waals surface area contributed by atoms with Gasteiger partial charge in [0.05, 0.1) is 0 Å². The quantitative estimate of drug-likeness (QED) is 0.273. The van der Waals surface area contributed by atoms with E-state index in [2.05, 4.69) is 0 Å². The molecule has 9 heteroatoms. The second-order valence-corrected chi connectivity index (χ2v) is 6.19. The van der Waals surface area contributed by atoms with Gasteiger partial charge in [-0.3, -0.25) is 9.59 Å². The van der Waals surface area contributed by atoms with Crippen LogP contribution in [0.15, 0.2) is 71.7 Å². The first kappa shape index (κ1) is 21.0. The molecule has 3 rings (SSSR count). The summed E-state index contributed by atoms with van der Waals surface area (Å²) < 4.78 is 56.9. The predicted molar refractivity (Wildman–Crippen MR) is 97.6 cm³/mol. The number of aromatic nitrogens is 1. The Morgan fingerprint density at radius 1 is 0.900 bits per heavy atom. The average molecular weight is 419 g/mol. The highest BCUT2D eigenvalue weighted by Crippen LogP contribution is 2.26. The number of ether oxygens (including phenoxy) is 1. The van der Waals surface area contributed by atoms with Crippen LogP contribution in [0.5, 0.6) is 5.75 Å². The summed E-state index contributed by atoms with van der Waals surface area (Å²) in [5.74, 6) is -1.78. The third-order valence-electron chi connectivity index (χ3n) is 4.08. The number of pyridine rings is 1. The Morgan fingerprint density at radius 2 is 1.47 bits per heavy atom. The van der Waals surface area contributed by atoms with E-state index in [0.29, 0.717) is 10.6 Å². The average Bonchev–Trinajstić information content (AvgIpc) is 2.69. The number of benzene rings is 2. The van der Waals surface area contributed by atoms with Crippen molar-refractivity contribution in [2.75, 3.05) is 0 Å². The number of nitrogens with zero attached hydrogens (tertiary/aromatic N) is 1. The Kier molecular flexibility index (Phi) is 5.81. The van der Waals surface area contributed by atoms with Crippen molar-refractivity contribution in [3.63, 3.8) is 0 Å². The fourth-order valence-electron chi connectivity index (χ4n) is 2.62. The molecule has 0 N–H and O–H groups in total. The van der Waals surface area contributed by atoms with E-state index < -0.39 is 35.6 Å². The van der Waals surface area contributed by atoms with Gasteiger partial charge in [0.1, 0.15) is 23.7 Å². The number of hydrogen-bond acceptors (Lipinski definition) is 4. The summed E-state index contributed by atoms with van der Waals surface area (Å²) in [6.07, 6.45) is -3.79. The fraction of sp³-hybridized carbons (Fsp3) is 0.0952. The van der Waals surface area contributed by atoms with Crippen molar-refractivity contribution in [1.29, 1.82) is 0 Å². The van der Waals surface area contributed by atoms with Gasteiger partial charge in [-0.1, -0.05) is 0 Å². The molecule has 0 saturated carbocycles. The molecule has 0 spiro atoms. The van der Waals surface area contributed by atoms with Crippen molar-refractivity contribution in [3.8, 4) is 5.75 Å². The number of hydrogen-bond donors (Lipinski definition) is 0. The minimum atomic E-state index is -4.84. The molecular weight excluding hydrogens is 406 g/mol. The third kappa shape index (κ3) is 4.80. The predicted octanol–water partition coefficient (Wildman–Crippen LogP) is 3.84. The molecule has 0 bridgehead atoms. The van der Waals surface area contributed by atoms with Crippen molar-refractivity contribution >= 4 is 11.8 Å². The van der Waals surface area contributed by atoms with Crippen LogP contribution in [-0.4, -0.2) is 16.3 Å².